The van der Waals surface area contributed by atoms with Crippen LogP contribution in [0.4, 0.5) is 23.1 Å². The Balaban J connectivity index is 1.35. The highest BCUT2D eigenvalue weighted by molar-refractivity contribution is 7.70. The normalized spacial score (nSPS) is 16.0. The summed E-state index contributed by atoms with van der Waals surface area (Å²) in [6.45, 7) is 5.31. The number of hydrogen-bond donors (Lipinski definition) is 5. The van der Waals surface area contributed by atoms with E-state index in [2.05, 4.69) is 31.2 Å². The summed E-state index contributed by atoms with van der Waals surface area (Å²) in [6, 6.07) is 16.9. The maximum atomic E-state index is 12.8. The smallest absolute Gasteiger partial charge is 0.251 e. The minimum absolute atomic E-state index is 0.0754. The predicted molar refractivity (Wildman–Crippen MR) is 146 cm³/mol. The molecule has 0 radical (unpaired) electrons. The van der Waals surface area contributed by atoms with E-state index in [9.17, 15) is 9.36 Å². The number of fused-ring (bicyclic) bond motifs is 1. The fourth-order valence-corrected chi connectivity index (χ4v) is 5.50. The van der Waals surface area contributed by atoms with Gasteiger partial charge in [-0.2, -0.15) is 9.97 Å². The molecule has 1 fully saturated rings. The lowest BCUT2D eigenvalue weighted by atomic mass is 10.1. The number of nitrogens with zero attached hydrogens (tertiary/aromatic N) is 2. The van der Waals surface area contributed by atoms with Crippen molar-refractivity contribution in [3.05, 3.63) is 66.4 Å². The summed E-state index contributed by atoms with van der Waals surface area (Å²) in [4.78, 5) is 25.0. The van der Waals surface area contributed by atoms with Crippen LogP contribution in [-0.4, -0.2) is 53.3 Å². The van der Waals surface area contributed by atoms with E-state index in [1.165, 1.54) is 0 Å². The Kier molecular flexibility index (Phi) is 6.76. The highest BCUT2D eigenvalue weighted by Crippen LogP contribution is 2.38. The predicted octanol–water partition coefficient (Wildman–Crippen LogP) is 4.17. The number of H-pyrrole nitrogens is 1. The maximum Gasteiger partial charge on any atom is 0.251 e. The topological polar surface area (TPSA) is 124 Å². The summed E-state index contributed by atoms with van der Waals surface area (Å²) in [7, 11) is -2.50. The molecule has 2 aromatic heterocycles. The van der Waals surface area contributed by atoms with Crippen molar-refractivity contribution in [2.45, 2.75) is 18.9 Å². The summed E-state index contributed by atoms with van der Waals surface area (Å²) in [5.41, 5.74) is 2.78. The molecule has 5 N–H and O–H groups in total. The fraction of sp³-hybridized carbons (Fsp3) is 0.269. The SMILES string of the molecule is CP(C)(=O)c1ccccc1Nc1nc(Nc2ccc(C(=O)N[C@@H]3CCCNC3)cc2)nc2[nH]ccc12. The number of rotatable bonds is 7. The van der Waals surface area contributed by atoms with Gasteiger partial charge >= 0.3 is 0 Å². The van der Waals surface area contributed by atoms with E-state index in [4.69, 9.17) is 4.98 Å². The zero-order valence-corrected chi connectivity index (χ0v) is 21.2. The molecule has 2 aromatic carbocycles. The monoisotopic (exact) mass is 503 g/mol. The third kappa shape index (κ3) is 5.42. The van der Waals surface area contributed by atoms with E-state index < -0.39 is 7.14 Å². The van der Waals surface area contributed by atoms with E-state index in [1.807, 2.05) is 42.5 Å². The number of piperidine rings is 1. The number of anilines is 4. The lowest BCUT2D eigenvalue weighted by molar-refractivity contribution is 0.0930. The molecule has 10 heteroatoms. The second-order valence-electron chi connectivity index (χ2n) is 9.35. The first-order chi connectivity index (χ1) is 17.4. The molecular formula is C26H30N7O2P. The molecule has 3 heterocycles. The van der Waals surface area contributed by atoms with Crippen molar-refractivity contribution >= 4 is 52.5 Å². The highest BCUT2D eigenvalue weighted by Gasteiger charge is 2.18. The Labute approximate surface area is 209 Å². The number of hydrogen-bond acceptors (Lipinski definition) is 7. The Hall–Kier alpha value is -3.68. The average molecular weight is 504 g/mol. The van der Waals surface area contributed by atoms with E-state index in [0.29, 0.717) is 23.0 Å². The van der Waals surface area contributed by atoms with Crippen LogP contribution in [0.2, 0.25) is 0 Å². The van der Waals surface area contributed by atoms with E-state index in [-0.39, 0.29) is 11.9 Å². The number of carbonyl (C=O) groups is 1. The van der Waals surface area contributed by atoms with Gasteiger partial charge in [0.15, 0.2) is 0 Å². The first kappa shape index (κ1) is 24.0. The van der Waals surface area contributed by atoms with Gasteiger partial charge in [0, 0.05) is 35.3 Å². The first-order valence-corrected chi connectivity index (χ1v) is 14.6. The van der Waals surface area contributed by atoms with Crippen molar-refractivity contribution in [1.29, 1.82) is 0 Å². The van der Waals surface area contributed by atoms with Gasteiger partial charge in [-0.3, -0.25) is 4.79 Å². The van der Waals surface area contributed by atoms with Crippen LogP contribution in [0.3, 0.4) is 0 Å². The number of nitrogens with one attached hydrogen (secondary N) is 5. The minimum atomic E-state index is -2.50. The standard InChI is InChI=1S/C26H30N7O2P/c1-36(2,35)22-8-4-3-7-21(22)31-24-20-13-15-28-23(20)32-26(33-24)30-18-11-9-17(10-12-18)25(34)29-19-6-5-14-27-16-19/h3-4,7-13,15,19,27H,5-6,14,16H2,1-2H3,(H,29,34)(H3,28,30,31,32,33)/t19-/m1/s1. The van der Waals surface area contributed by atoms with Crippen molar-refractivity contribution < 1.29 is 9.36 Å². The first-order valence-electron chi connectivity index (χ1n) is 12.0. The Morgan fingerprint density at radius 3 is 2.58 bits per heavy atom. The zero-order chi connectivity index (χ0) is 25.1. The van der Waals surface area contributed by atoms with Gasteiger partial charge in [0.2, 0.25) is 5.95 Å². The lowest BCUT2D eigenvalue weighted by Gasteiger charge is -2.23. The van der Waals surface area contributed by atoms with E-state index in [0.717, 1.165) is 48.0 Å². The van der Waals surface area contributed by atoms with Gasteiger partial charge in [-0.15, -0.1) is 0 Å². The van der Waals surface area contributed by atoms with Crippen molar-refractivity contribution in [3.8, 4) is 0 Å². The molecule has 1 atom stereocenters. The van der Waals surface area contributed by atoms with Crippen LogP contribution in [0.1, 0.15) is 23.2 Å². The summed E-state index contributed by atoms with van der Waals surface area (Å²) in [5.74, 6) is 0.918. The van der Waals surface area contributed by atoms with Gasteiger partial charge in [0.1, 0.15) is 18.6 Å². The molecule has 0 spiro atoms. The molecule has 1 amide bonds. The van der Waals surface area contributed by atoms with Gasteiger partial charge in [0.05, 0.1) is 11.1 Å². The molecule has 1 aliphatic heterocycles. The molecule has 1 saturated heterocycles. The molecule has 0 unspecified atom stereocenters. The Morgan fingerprint density at radius 2 is 1.83 bits per heavy atom. The summed E-state index contributed by atoms with van der Waals surface area (Å²) >= 11 is 0. The number of benzene rings is 2. The number of carbonyl (C=O) groups excluding carboxylic acids is 1. The van der Waals surface area contributed by atoms with E-state index in [1.54, 1.807) is 31.7 Å². The summed E-state index contributed by atoms with van der Waals surface area (Å²) in [6.07, 6.45) is 3.86. The van der Waals surface area contributed by atoms with E-state index >= 15 is 0 Å². The molecule has 36 heavy (non-hydrogen) atoms. The van der Waals surface area contributed by atoms with Gasteiger partial charge in [-0.25, -0.2) is 0 Å². The third-order valence-electron chi connectivity index (χ3n) is 6.19. The molecular weight excluding hydrogens is 473 g/mol. The number of aromatic amines is 1. The second kappa shape index (κ2) is 10.1. The molecule has 1 aliphatic rings. The van der Waals surface area contributed by atoms with Crippen LogP contribution in [0.25, 0.3) is 11.0 Å². The van der Waals surface area contributed by atoms with Gasteiger partial charge in [0.25, 0.3) is 5.91 Å². The maximum absolute atomic E-state index is 12.8. The highest BCUT2D eigenvalue weighted by atomic mass is 31.2. The molecule has 186 valence electrons. The van der Waals surface area contributed by atoms with Crippen molar-refractivity contribution in [1.82, 2.24) is 25.6 Å². The number of para-hydroxylation sites is 1. The van der Waals surface area contributed by atoms with Gasteiger partial charge < -0.3 is 30.8 Å². The Morgan fingerprint density at radius 1 is 1.03 bits per heavy atom. The Bertz CT molecular complexity index is 1420. The molecule has 0 aliphatic carbocycles. The average Bonchev–Trinajstić information content (AvgIpc) is 3.34. The number of aromatic nitrogens is 3. The third-order valence-corrected chi connectivity index (χ3v) is 7.74. The molecule has 4 aromatic rings. The summed E-state index contributed by atoms with van der Waals surface area (Å²) < 4.78 is 12.8. The summed E-state index contributed by atoms with van der Waals surface area (Å²) in [5, 5.41) is 14.6. The molecule has 0 bridgehead atoms. The van der Waals surface area contributed by atoms with Crippen molar-refractivity contribution in [3.63, 3.8) is 0 Å². The van der Waals surface area contributed by atoms with Crippen LogP contribution < -0.4 is 26.6 Å². The van der Waals surface area contributed by atoms with Crippen molar-refractivity contribution in [2.24, 2.45) is 0 Å². The quantitative estimate of drug-likeness (QED) is 0.240. The van der Waals surface area contributed by atoms with Gasteiger partial charge in [-0.05, 0) is 75.2 Å². The van der Waals surface area contributed by atoms with Gasteiger partial charge in [-0.1, -0.05) is 12.1 Å². The van der Waals surface area contributed by atoms with Crippen LogP contribution in [0.15, 0.2) is 60.8 Å². The zero-order valence-electron chi connectivity index (χ0n) is 20.3. The molecule has 5 rings (SSSR count). The second-order valence-corrected chi connectivity index (χ2v) is 12.5. The molecule has 0 saturated carbocycles. The van der Waals surface area contributed by atoms with Crippen LogP contribution >= 0.6 is 7.14 Å². The minimum Gasteiger partial charge on any atom is -0.348 e. The lowest BCUT2D eigenvalue weighted by Crippen LogP contribution is -2.45. The largest absolute Gasteiger partial charge is 0.348 e. The molecule has 9 nitrogen and oxygen atoms in total. The van der Waals surface area contributed by atoms with Crippen LogP contribution in [0, 0.1) is 0 Å². The van der Waals surface area contributed by atoms with Crippen molar-refractivity contribution in [2.75, 3.05) is 37.1 Å². The fourth-order valence-electron chi connectivity index (χ4n) is 4.35. The number of amides is 1. The van der Waals surface area contributed by atoms with Crippen LogP contribution in [0.5, 0.6) is 0 Å². The van der Waals surface area contributed by atoms with Crippen LogP contribution in [-0.2, 0) is 4.57 Å².